The van der Waals surface area contributed by atoms with E-state index in [1.54, 1.807) is 20.8 Å². The lowest BCUT2D eigenvalue weighted by Gasteiger charge is -2.31. The van der Waals surface area contributed by atoms with Crippen LogP contribution in [0.1, 0.15) is 43.4 Å². The number of aryl methyl sites for hydroxylation is 1. The van der Waals surface area contributed by atoms with Crippen molar-refractivity contribution in [1.29, 1.82) is 0 Å². The zero-order chi connectivity index (χ0) is 22.6. The fourth-order valence-electron chi connectivity index (χ4n) is 3.40. The maximum Gasteiger partial charge on any atom is 0.407 e. The van der Waals surface area contributed by atoms with Crippen molar-refractivity contribution in [3.8, 4) is 5.75 Å². The number of aliphatic hydroxyl groups excluding tert-OH is 1. The van der Waals surface area contributed by atoms with E-state index < -0.39 is 17.8 Å². The van der Waals surface area contributed by atoms with Gasteiger partial charge in [-0.1, -0.05) is 17.7 Å². The first-order chi connectivity index (χ1) is 14.6. The molecule has 2 N–H and O–H groups in total. The summed E-state index contributed by atoms with van der Waals surface area (Å²) in [7, 11) is 0. The molecule has 0 aliphatic carbocycles. The number of aliphatic hydroxyl groups is 1. The maximum atomic E-state index is 11.7. The second-order valence-corrected chi connectivity index (χ2v) is 9.06. The molecule has 31 heavy (non-hydrogen) atoms. The summed E-state index contributed by atoms with van der Waals surface area (Å²) in [5.41, 5.74) is 2.39. The van der Waals surface area contributed by atoms with Crippen molar-refractivity contribution >= 4 is 17.7 Å². The number of ether oxygens (including phenoxy) is 2. The highest BCUT2D eigenvalue weighted by atomic mass is 35.5. The number of benzene rings is 1. The number of rotatable bonds is 7. The van der Waals surface area contributed by atoms with Crippen molar-refractivity contribution in [2.24, 2.45) is 0 Å². The molecule has 1 aliphatic heterocycles. The van der Waals surface area contributed by atoms with Crippen LogP contribution in [-0.2, 0) is 24.3 Å². The topological polar surface area (TPSA) is 97.1 Å². The zero-order valence-corrected chi connectivity index (χ0v) is 19.2. The molecule has 1 aliphatic rings. The Hall–Kier alpha value is -2.29. The number of fused-ring (bicyclic) bond motifs is 1. The number of nitrogens with zero attached hydrogens (tertiary/aromatic N) is 2. The molecule has 2 aromatic rings. The molecule has 8 nitrogen and oxygen atoms in total. The van der Waals surface area contributed by atoms with E-state index in [0.29, 0.717) is 29.6 Å². The molecule has 0 radical (unpaired) electrons. The number of halogens is 1. The summed E-state index contributed by atoms with van der Waals surface area (Å²) >= 11 is 6.60. The fraction of sp³-hybridized carbons (Fsp3) is 0.545. The maximum absolute atomic E-state index is 11.7. The van der Waals surface area contributed by atoms with Crippen LogP contribution in [0.4, 0.5) is 4.79 Å². The Bertz CT molecular complexity index is 909. The smallest absolute Gasteiger partial charge is 0.407 e. The average molecular weight is 452 g/mol. The van der Waals surface area contributed by atoms with E-state index in [4.69, 9.17) is 25.5 Å². The summed E-state index contributed by atoms with van der Waals surface area (Å²) in [6.45, 7) is 9.51. The molecule has 9 heteroatoms. The van der Waals surface area contributed by atoms with Gasteiger partial charge in [-0.05, 0) is 51.3 Å². The first-order valence-corrected chi connectivity index (χ1v) is 10.7. The molecule has 170 valence electrons. The van der Waals surface area contributed by atoms with Crippen molar-refractivity contribution in [2.45, 2.75) is 59.0 Å². The SMILES string of the molecule is Cc1ncoc1COc1ccc2c(c1Cl)CCN(CC(O)CNC(=O)OC(C)(C)C)C2. The Kier molecular flexibility index (Phi) is 7.46. The minimum atomic E-state index is -0.697. The summed E-state index contributed by atoms with van der Waals surface area (Å²) in [5, 5.41) is 13.5. The largest absolute Gasteiger partial charge is 0.484 e. The first kappa shape index (κ1) is 23.4. The van der Waals surface area contributed by atoms with Crippen molar-refractivity contribution < 1.29 is 23.8 Å². The molecule has 1 aromatic heterocycles. The summed E-state index contributed by atoms with van der Waals surface area (Å²) in [6, 6.07) is 3.86. The van der Waals surface area contributed by atoms with Crippen LogP contribution in [0.15, 0.2) is 22.9 Å². The summed E-state index contributed by atoms with van der Waals surface area (Å²) in [4.78, 5) is 17.9. The van der Waals surface area contributed by atoms with Crippen LogP contribution >= 0.6 is 11.6 Å². The number of nitrogens with one attached hydrogen (secondary N) is 1. The van der Waals surface area contributed by atoms with Crippen molar-refractivity contribution in [1.82, 2.24) is 15.2 Å². The lowest BCUT2D eigenvalue weighted by Crippen LogP contribution is -2.43. The second-order valence-electron chi connectivity index (χ2n) is 8.69. The molecule has 3 rings (SSSR count). The molecular weight excluding hydrogens is 422 g/mol. The van der Waals surface area contributed by atoms with Crippen molar-refractivity contribution in [3.63, 3.8) is 0 Å². The third kappa shape index (κ3) is 6.59. The van der Waals surface area contributed by atoms with E-state index in [-0.39, 0.29) is 13.2 Å². The van der Waals surface area contributed by atoms with Gasteiger partial charge in [-0.25, -0.2) is 9.78 Å². The van der Waals surface area contributed by atoms with Gasteiger partial charge in [0.2, 0.25) is 0 Å². The highest BCUT2D eigenvalue weighted by Crippen LogP contribution is 2.34. The molecule has 1 amide bonds. The van der Waals surface area contributed by atoms with Gasteiger partial charge in [0.1, 0.15) is 18.0 Å². The monoisotopic (exact) mass is 451 g/mol. The number of alkyl carbamates (subject to hydrolysis) is 1. The van der Waals surface area contributed by atoms with Gasteiger partial charge in [0.25, 0.3) is 0 Å². The van der Waals surface area contributed by atoms with Gasteiger partial charge in [0, 0.05) is 26.2 Å². The lowest BCUT2D eigenvalue weighted by atomic mass is 9.99. The van der Waals surface area contributed by atoms with Gasteiger partial charge in [-0.2, -0.15) is 0 Å². The van der Waals surface area contributed by atoms with Crippen LogP contribution in [0.3, 0.4) is 0 Å². The van der Waals surface area contributed by atoms with Gasteiger partial charge in [-0.3, -0.25) is 4.90 Å². The molecule has 0 saturated carbocycles. The normalized spacial score (nSPS) is 15.3. The number of hydrogen-bond donors (Lipinski definition) is 2. The average Bonchev–Trinajstić information content (AvgIpc) is 3.09. The molecule has 0 bridgehead atoms. The minimum absolute atomic E-state index is 0.132. The van der Waals surface area contributed by atoms with E-state index in [2.05, 4.69) is 15.2 Å². The van der Waals surface area contributed by atoms with Crippen LogP contribution in [0.5, 0.6) is 5.75 Å². The molecule has 1 unspecified atom stereocenters. The number of carbonyl (C=O) groups is 1. The van der Waals surface area contributed by atoms with E-state index in [1.165, 1.54) is 6.39 Å². The van der Waals surface area contributed by atoms with E-state index in [0.717, 1.165) is 29.8 Å². The Morgan fingerprint density at radius 2 is 2.19 bits per heavy atom. The summed E-state index contributed by atoms with van der Waals surface area (Å²) < 4.78 is 16.3. The van der Waals surface area contributed by atoms with E-state index >= 15 is 0 Å². The Morgan fingerprint density at radius 1 is 1.42 bits per heavy atom. The fourth-order valence-corrected chi connectivity index (χ4v) is 3.73. The van der Waals surface area contributed by atoms with Crippen LogP contribution < -0.4 is 10.1 Å². The second kappa shape index (κ2) is 9.89. The summed E-state index contributed by atoms with van der Waals surface area (Å²) in [6.07, 6.45) is 0.917. The van der Waals surface area contributed by atoms with Gasteiger partial charge in [0.15, 0.2) is 12.2 Å². The lowest BCUT2D eigenvalue weighted by molar-refractivity contribution is 0.0464. The molecule has 2 heterocycles. The number of hydrogen-bond acceptors (Lipinski definition) is 7. The molecule has 0 spiro atoms. The predicted octanol–water partition coefficient (Wildman–Crippen LogP) is 3.46. The van der Waals surface area contributed by atoms with Gasteiger partial charge >= 0.3 is 6.09 Å². The van der Waals surface area contributed by atoms with Gasteiger partial charge in [-0.15, -0.1) is 0 Å². The third-order valence-electron chi connectivity index (χ3n) is 4.93. The van der Waals surface area contributed by atoms with Crippen LogP contribution in [0, 0.1) is 6.92 Å². The molecular formula is C22H30ClN3O5. The highest BCUT2D eigenvalue weighted by molar-refractivity contribution is 6.33. The van der Waals surface area contributed by atoms with Crippen molar-refractivity contribution in [3.05, 3.63) is 46.1 Å². The third-order valence-corrected chi connectivity index (χ3v) is 5.34. The Balaban J connectivity index is 1.52. The number of β-amino-alcohol motifs (C(OH)–C–C–N with tert-alkyl or cyclic N) is 1. The van der Waals surface area contributed by atoms with Crippen molar-refractivity contribution in [2.75, 3.05) is 19.6 Å². The Morgan fingerprint density at radius 3 is 2.87 bits per heavy atom. The molecule has 0 saturated heterocycles. The standard InChI is InChI=1S/C22H30ClN3O5/c1-14-19(30-13-25-14)12-29-18-6-5-15-10-26(8-7-17(15)20(18)23)11-16(27)9-24-21(28)31-22(2,3)4/h5-6,13,16,27H,7-12H2,1-4H3,(H,24,28). The van der Waals surface area contributed by atoms with Gasteiger partial charge < -0.3 is 24.3 Å². The summed E-state index contributed by atoms with van der Waals surface area (Å²) in [5.74, 6) is 1.29. The minimum Gasteiger partial charge on any atom is -0.484 e. The molecule has 0 fully saturated rings. The number of aromatic nitrogens is 1. The number of oxazole rings is 1. The molecule has 1 aromatic carbocycles. The predicted molar refractivity (Wildman–Crippen MR) is 116 cm³/mol. The van der Waals surface area contributed by atoms with E-state index in [9.17, 15) is 9.90 Å². The highest BCUT2D eigenvalue weighted by Gasteiger charge is 2.23. The number of carbonyl (C=O) groups excluding carboxylic acids is 1. The quantitative estimate of drug-likeness (QED) is 0.665. The van der Waals surface area contributed by atoms with Gasteiger partial charge in [0.05, 0.1) is 16.8 Å². The zero-order valence-electron chi connectivity index (χ0n) is 18.4. The van der Waals surface area contributed by atoms with Crippen LogP contribution in [-0.4, -0.2) is 52.4 Å². The van der Waals surface area contributed by atoms with Crippen LogP contribution in [0.25, 0.3) is 0 Å². The first-order valence-electron chi connectivity index (χ1n) is 10.3. The Labute approximate surface area is 187 Å². The van der Waals surface area contributed by atoms with E-state index in [1.807, 2.05) is 19.1 Å². The number of amides is 1. The molecule has 1 atom stereocenters. The van der Waals surface area contributed by atoms with Crippen LogP contribution in [0.2, 0.25) is 5.02 Å².